The van der Waals surface area contributed by atoms with Gasteiger partial charge >= 0.3 is 0 Å². The second-order valence-electron chi connectivity index (χ2n) is 5.21. The maximum absolute atomic E-state index is 11.2. The van der Waals surface area contributed by atoms with Crippen molar-refractivity contribution in [2.75, 3.05) is 0 Å². The number of amides is 1. The number of nitrogens with one attached hydrogen (secondary N) is 1. The molecule has 0 aromatic carbocycles. The Balaban J connectivity index is 3.09. The number of carbonyl (C=O) groups is 1. The van der Waals surface area contributed by atoms with Gasteiger partial charge in [0.05, 0.1) is 0 Å². The molecule has 1 amide bonds. The van der Waals surface area contributed by atoms with Crippen LogP contribution in [0.5, 0.6) is 0 Å². The van der Waals surface area contributed by atoms with E-state index in [2.05, 4.69) is 24.2 Å². The predicted octanol–water partition coefficient (Wildman–Crippen LogP) is 4.78. The van der Waals surface area contributed by atoms with Gasteiger partial charge < -0.3 is 0 Å². The van der Waals surface area contributed by atoms with Crippen molar-refractivity contribution >= 4 is 5.91 Å². The van der Waals surface area contributed by atoms with E-state index in [0.717, 1.165) is 6.42 Å². The Morgan fingerprint density at radius 1 is 0.842 bits per heavy atom. The molecule has 110 valence electrons. The van der Waals surface area contributed by atoms with Crippen LogP contribution < -0.4 is 5.32 Å². The lowest BCUT2D eigenvalue weighted by molar-refractivity contribution is -0.120. The van der Waals surface area contributed by atoms with Gasteiger partial charge in [-0.1, -0.05) is 77.1 Å². The van der Waals surface area contributed by atoms with E-state index in [4.69, 9.17) is 0 Å². The lowest BCUT2D eigenvalue weighted by atomic mass is 10.1. The second kappa shape index (κ2) is 15.1. The highest BCUT2D eigenvalue weighted by molar-refractivity contribution is 5.77. The van der Waals surface area contributed by atoms with Crippen LogP contribution in [0.15, 0.2) is 0 Å². The summed E-state index contributed by atoms with van der Waals surface area (Å²) in [5, 5.41) is 2.57. The van der Waals surface area contributed by atoms with E-state index < -0.39 is 0 Å². The van der Waals surface area contributed by atoms with Gasteiger partial charge in [0.25, 0.3) is 0 Å². The SMILES string of the molecule is CC#CNC(=O)CCCCCCCCCCCCC. The molecule has 0 rings (SSSR count). The fraction of sp³-hybridized carbons (Fsp3) is 0.824. The Labute approximate surface area is 119 Å². The minimum atomic E-state index is 0.0604. The first-order valence-electron chi connectivity index (χ1n) is 8.01. The molecule has 0 aliphatic rings. The average molecular weight is 265 g/mol. The van der Waals surface area contributed by atoms with Crippen molar-refractivity contribution in [2.45, 2.75) is 90.9 Å². The largest absolute Gasteiger partial charge is 0.285 e. The van der Waals surface area contributed by atoms with Crippen molar-refractivity contribution in [3.63, 3.8) is 0 Å². The van der Waals surface area contributed by atoms with Crippen LogP contribution in [0.3, 0.4) is 0 Å². The Kier molecular flexibility index (Phi) is 14.3. The standard InChI is InChI=1S/C17H31NO/c1-3-5-6-7-8-9-10-11-12-13-14-15-17(19)18-16-4-2/h3,5-15H2,1-2H3,(H,18,19). The van der Waals surface area contributed by atoms with Crippen molar-refractivity contribution in [2.24, 2.45) is 0 Å². The van der Waals surface area contributed by atoms with E-state index in [1.807, 2.05) is 0 Å². The molecule has 2 heteroatoms. The van der Waals surface area contributed by atoms with Crippen molar-refractivity contribution in [1.82, 2.24) is 5.32 Å². The molecule has 0 bridgehead atoms. The highest BCUT2D eigenvalue weighted by Gasteiger charge is 1.98. The predicted molar refractivity (Wildman–Crippen MR) is 82.7 cm³/mol. The third kappa shape index (κ3) is 15.0. The first-order valence-corrected chi connectivity index (χ1v) is 8.01. The third-order valence-electron chi connectivity index (χ3n) is 3.33. The van der Waals surface area contributed by atoms with Crippen LogP contribution in [0.1, 0.15) is 90.9 Å². The minimum Gasteiger partial charge on any atom is -0.285 e. The first kappa shape index (κ1) is 18.0. The summed E-state index contributed by atoms with van der Waals surface area (Å²) in [4.78, 5) is 11.2. The van der Waals surface area contributed by atoms with Crippen LogP contribution >= 0.6 is 0 Å². The lowest BCUT2D eigenvalue weighted by Gasteiger charge is -2.02. The lowest BCUT2D eigenvalue weighted by Crippen LogP contribution is -2.16. The van der Waals surface area contributed by atoms with Crippen LogP contribution in [0.25, 0.3) is 0 Å². The first-order chi connectivity index (χ1) is 9.31. The Morgan fingerprint density at radius 2 is 1.32 bits per heavy atom. The molecule has 0 fully saturated rings. The molecule has 0 aromatic heterocycles. The van der Waals surface area contributed by atoms with E-state index in [0.29, 0.717) is 6.42 Å². The van der Waals surface area contributed by atoms with Gasteiger partial charge in [0.2, 0.25) is 5.91 Å². The zero-order valence-corrected chi connectivity index (χ0v) is 12.9. The van der Waals surface area contributed by atoms with E-state index in [1.165, 1.54) is 64.2 Å². The molecule has 0 radical (unpaired) electrons. The summed E-state index contributed by atoms with van der Waals surface area (Å²) in [5.74, 6) is 2.72. The monoisotopic (exact) mass is 265 g/mol. The summed E-state index contributed by atoms with van der Waals surface area (Å²) in [5.41, 5.74) is 0. The molecule has 2 nitrogen and oxygen atoms in total. The van der Waals surface area contributed by atoms with Crippen molar-refractivity contribution in [3.05, 3.63) is 0 Å². The summed E-state index contributed by atoms with van der Waals surface area (Å²) < 4.78 is 0. The minimum absolute atomic E-state index is 0.0604. The number of unbranched alkanes of at least 4 members (excludes halogenated alkanes) is 10. The van der Waals surface area contributed by atoms with Gasteiger partial charge in [-0.3, -0.25) is 10.1 Å². The molecule has 19 heavy (non-hydrogen) atoms. The number of hydrogen-bond donors (Lipinski definition) is 1. The van der Waals surface area contributed by atoms with Crippen molar-refractivity contribution < 1.29 is 4.79 Å². The molecule has 0 saturated carbocycles. The van der Waals surface area contributed by atoms with Gasteiger partial charge in [-0.05, 0) is 13.3 Å². The number of carbonyl (C=O) groups excluding carboxylic acids is 1. The summed E-state index contributed by atoms with van der Waals surface area (Å²) in [7, 11) is 0. The van der Waals surface area contributed by atoms with Crippen LogP contribution in [0.2, 0.25) is 0 Å². The zero-order valence-electron chi connectivity index (χ0n) is 12.9. The maximum atomic E-state index is 11.2. The summed E-state index contributed by atoms with van der Waals surface area (Å²) in [6.07, 6.45) is 15.1. The smallest absolute Gasteiger partial charge is 0.231 e. The number of hydrogen-bond acceptors (Lipinski definition) is 1. The van der Waals surface area contributed by atoms with Gasteiger partial charge in [0.1, 0.15) is 0 Å². The van der Waals surface area contributed by atoms with Crippen LogP contribution in [0, 0.1) is 12.0 Å². The highest BCUT2D eigenvalue weighted by Crippen LogP contribution is 2.11. The van der Waals surface area contributed by atoms with Crippen LogP contribution in [-0.2, 0) is 4.79 Å². The maximum Gasteiger partial charge on any atom is 0.231 e. The van der Waals surface area contributed by atoms with Gasteiger partial charge in [-0.2, -0.15) is 0 Å². The molecule has 0 saturated heterocycles. The Morgan fingerprint density at radius 3 is 1.79 bits per heavy atom. The normalized spacial score (nSPS) is 9.79. The van der Waals surface area contributed by atoms with Gasteiger partial charge in [0, 0.05) is 12.5 Å². The molecule has 0 atom stereocenters. The summed E-state index contributed by atoms with van der Waals surface area (Å²) in [6.45, 7) is 3.98. The van der Waals surface area contributed by atoms with E-state index >= 15 is 0 Å². The van der Waals surface area contributed by atoms with E-state index in [-0.39, 0.29) is 5.91 Å². The molecule has 1 N–H and O–H groups in total. The van der Waals surface area contributed by atoms with E-state index in [1.54, 1.807) is 6.92 Å². The van der Waals surface area contributed by atoms with Crippen LogP contribution in [-0.4, -0.2) is 5.91 Å². The van der Waals surface area contributed by atoms with Crippen molar-refractivity contribution in [3.8, 4) is 12.0 Å². The van der Waals surface area contributed by atoms with Gasteiger partial charge in [-0.15, -0.1) is 0 Å². The van der Waals surface area contributed by atoms with E-state index in [9.17, 15) is 4.79 Å². The summed E-state index contributed by atoms with van der Waals surface area (Å²) >= 11 is 0. The molecule has 0 spiro atoms. The quantitative estimate of drug-likeness (QED) is 0.307. The second-order valence-corrected chi connectivity index (χ2v) is 5.21. The topological polar surface area (TPSA) is 29.1 Å². The fourth-order valence-electron chi connectivity index (χ4n) is 2.14. The highest BCUT2D eigenvalue weighted by atomic mass is 16.1. The van der Waals surface area contributed by atoms with Gasteiger partial charge in [-0.25, -0.2) is 0 Å². The summed E-state index contributed by atoms with van der Waals surface area (Å²) in [6, 6.07) is 2.59. The molecular formula is C17H31NO. The molecule has 0 aliphatic carbocycles. The average Bonchev–Trinajstić information content (AvgIpc) is 2.42. The fourth-order valence-corrected chi connectivity index (χ4v) is 2.14. The molecule has 0 aromatic rings. The molecule has 0 unspecified atom stereocenters. The zero-order chi connectivity index (χ0) is 14.2. The van der Waals surface area contributed by atoms with Crippen molar-refractivity contribution in [1.29, 1.82) is 0 Å². The molecule has 0 heterocycles. The number of rotatable bonds is 12. The molecular weight excluding hydrogens is 234 g/mol. The Bertz CT molecular complexity index is 262. The Hall–Kier alpha value is -0.970. The van der Waals surface area contributed by atoms with Crippen LogP contribution in [0.4, 0.5) is 0 Å². The molecule has 0 aliphatic heterocycles. The third-order valence-corrected chi connectivity index (χ3v) is 3.33. The van der Waals surface area contributed by atoms with Gasteiger partial charge in [0.15, 0.2) is 0 Å².